The highest BCUT2D eigenvalue weighted by atomic mass is 19.1. The average Bonchev–Trinajstić information content (AvgIpc) is 3.30. The van der Waals surface area contributed by atoms with Crippen molar-refractivity contribution in [1.82, 2.24) is 10.2 Å². The highest BCUT2D eigenvalue weighted by Gasteiger charge is 2.09. The number of benzene rings is 2. The van der Waals surface area contributed by atoms with E-state index in [4.69, 9.17) is 0 Å². The lowest BCUT2D eigenvalue weighted by atomic mass is 9.90. The maximum absolute atomic E-state index is 13.0. The molecule has 0 aromatic heterocycles. The highest BCUT2D eigenvalue weighted by Crippen LogP contribution is 2.23. The van der Waals surface area contributed by atoms with Gasteiger partial charge in [0.05, 0.1) is 0 Å². The Balaban J connectivity index is 0.000000442. The van der Waals surface area contributed by atoms with E-state index in [9.17, 15) is 4.39 Å². The first-order chi connectivity index (χ1) is 16.0. The van der Waals surface area contributed by atoms with Gasteiger partial charge in [-0.15, -0.1) is 0 Å². The van der Waals surface area contributed by atoms with Gasteiger partial charge in [0.25, 0.3) is 0 Å². The second kappa shape index (κ2) is 13.3. The molecule has 0 radical (unpaired) electrons. The molecule has 0 atom stereocenters. The number of allylic oxidation sites excluding steroid dienone is 2. The molecule has 0 unspecified atom stereocenters. The zero-order valence-corrected chi connectivity index (χ0v) is 20.5. The van der Waals surface area contributed by atoms with Crippen molar-refractivity contribution < 1.29 is 4.39 Å². The highest BCUT2D eigenvalue weighted by molar-refractivity contribution is 5.63. The number of likely N-dealkylation sites (tertiary alicyclic amines) is 1. The molecule has 2 aromatic carbocycles. The van der Waals surface area contributed by atoms with Crippen LogP contribution in [0.5, 0.6) is 0 Å². The molecule has 0 spiro atoms. The lowest BCUT2D eigenvalue weighted by Gasteiger charge is -2.17. The lowest BCUT2D eigenvalue weighted by molar-refractivity contribution is 0.418. The minimum Gasteiger partial charge on any atom is -0.388 e. The topological polar surface area (TPSA) is 15.3 Å². The van der Waals surface area contributed by atoms with Crippen molar-refractivity contribution in [3.8, 4) is 0 Å². The maximum atomic E-state index is 13.0. The Morgan fingerprint density at radius 1 is 0.909 bits per heavy atom. The van der Waals surface area contributed by atoms with Crippen LogP contribution in [-0.2, 0) is 19.3 Å². The Hall–Kier alpha value is -2.39. The second-order valence-electron chi connectivity index (χ2n) is 9.56. The summed E-state index contributed by atoms with van der Waals surface area (Å²) in [6, 6.07) is 13.6. The van der Waals surface area contributed by atoms with Crippen LogP contribution in [0.15, 0.2) is 61.3 Å². The van der Waals surface area contributed by atoms with Gasteiger partial charge in [0.15, 0.2) is 0 Å². The summed E-state index contributed by atoms with van der Waals surface area (Å²) in [5, 5.41) is 3.46. The van der Waals surface area contributed by atoms with Crippen LogP contribution in [0.3, 0.4) is 0 Å². The van der Waals surface area contributed by atoms with E-state index in [2.05, 4.69) is 48.6 Å². The Kier molecular flexibility index (Phi) is 10.2. The quantitative estimate of drug-likeness (QED) is 0.447. The normalized spacial score (nSPS) is 15.3. The van der Waals surface area contributed by atoms with Crippen LogP contribution >= 0.6 is 0 Å². The number of hydrogen-bond acceptors (Lipinski definition) is 2. The average molecular weight is 449 g/mol. The van der Waals surface area contributed by atoms with Crippen LogP contribution in [0.2, 0.25) is 0 Å². The molecule has 1 aliphatic heterocycles. The third kappa shape index (κ3) is 8.81. The Morgan fingerprint density at radius 2 is 1.61 bits per heavy atom. The molecule has 33 heavy (non-hydrogen) atoms. The number of hydrogen-bond donors (Lipinski definition) is 1. The molecule has 2 nitrogen and oxygen atoms in total. The zero-order chi connectivity index (χ0) is 23.5. The second-order valence-corrected chi connectivity index (χ2v) is 9.56. The molecule has 4 rings (SSSR count). The molecular formula is C30H41FN2. The van der Waals surface area contributed by atoms with Crippen molar-refractivity contribution in [3.05, 3.63) is 89.4 Å². The van der Waals surface area contributed by atoms with Crippen molar-refractivity contribution in [2.24, 2.45) is 0 Å². The van der Waals surface area contributed by atoms with E-state index >= 15 is 0 Å². The summed E-state index contributed by atoms with van der Waals surface area (Å²) in [4.78, 5) is 2.36. The van der Waals surface area contributed by atoms with Crippen molar-refractivity contribution in [3.63, 3.8) is 0 Å². The van der Waals surface area contributed by atoms with Crippen LogP contribution in [0, 0.1) is 5.82 Å². The van der Waals surface area contributed by atoms with E-state index in [1.807, 2.05) is 0 Å². The molecule has 1 saturated heterocycles. The third-order valence-electron chi connectivity index (χ3n) is 6.74. The molecule has 1 fully saturated rings. The van der Waals surface area contributed by atoms with Gasteiger partial charge in [-0.2, -0.15) is 0 Å². The van der Waals surface area contributed by atoms with Crippen LogP contribution in [-0.4, -0.2) is 31.6 Å². The van der Waals surface area contributed by atoms with Crippen molar-refractivity contribution >= 4 is 5.57 Å². The van der Waals surface area contributed by atoms with E-state index < -0.39 is 0 Å². The van der Waals surface area contributed by atoms with E-state index in [-0.39, 0.29) is 5.82 Å². The molecule has 2 aromatic rings. The van der Waals surface area contributed by atoms with Gasteiger partial charge in [-0.05, 0) is 124 Å². The van der Waals surface area contributed by atoms with E-state index in [0.29, 0.717) is 0 Å². The van der Waals surface area contributed by atoms with Gasteiger partial charge in [-0.1, -0.05) is 43.5 Å². The smallest absolute Gasteiger partial charge is 0.123 e. The van der Waals surface area contributed by atoms with Crippen molar-refractivity contribution in [2.45, 2.75) is 64.2 Å². The summed E-state index contributed by atoms with van der Waals surface area (Å²) >= 11 is 0. The van der Waals surface area contributed by atoms with Gasteiger partial charge in [0, 0.05) is 12.2 Å². The van der Waals surface area contributed by atoms with Gasteiger partial charge in [0.1, 0.15) is 5.82 Å². The summed E-state index contributed by atoms with van der Waals surface area (Å²) in [5.74, 6) is -0.206. The van der Waals surface area contributed by atoms with Crippen molar-refractivity contribution in [2.75, 3.05) is 26.7 Å². The Morgan fingerprint density at radius 3 is 2.27 bits per heavy atom. The third-order valence-corrected chi connectivity index (χ3v) is 6.74. The fraction of sp³-hybridized carbons (Fsp3) is 0.467. The number of nitrogens with one attached hydrogen (secondary N) is 1. The van der Waals surface area contributed by atoms with Crippen LogP contribution in [0.1, 0.15) is 67.2 Å². The first kappa shape index (κ1) is 25.2. The molecule has 0 saturated carbocycles. The molecule has 3 heteroatoms. The Labute approximate surface area is 200 Å². The zero-order valence-electron chi connectivity index (χ0n) is 20.5. The minimum atomic E-state index is -0.206. The summed E-state index contributed by atoms with van der Waals surface area (Å²) in [6.45, 7) is 11.8. The van der Waals surface area contributed by atoms with E-state index in [0.717, 1.165) is 49.1 Å². The van der Waals surface area contributed by atoms with Gasteiger partial charge in [-0.3, -0.25) is 0 Å². The van der Waals surface area contributed by atoms with Gasteiger partial charge in [-0.25, -0.2) is 4.39 Å². The van der Waals surface area contributed by atoms with Gasteiger partial charge >= 0.3 is 0 Å². The SMILES string of the molecule is C=C(CCCC(=C)c1ccc(F)cc1)NCCc1ccc2c(c1)CCCC2.CN1CCCC1. The molecule has 1 heterocycles. The number of halogens is 1. The maximum Gasteiger partial charge on any atom is 0.123 e. The molecule has 1 N–H and O–H groups in total. The van der Waals surface area contributed by atoms with E-state index in [1.54, 1.807) is 23.3 Å². The summed E-state index contributed by atoms with van der Waals surface area (Å²) < 4.78 is 13.0. The van der Waals surface area contributed by atoms with Crippen LogP contribution < -0.4 is 5.32 Å². The summed E-state index contributed by atoms with van der Waals surface area (Å²) in [7, 11) is 2.17. The molecule has 1 aliphatic carbocycles. The van der Waals surface area contributed by atoms with Crippen molar-refractivity contribution in [1.29, 1.82) is 0 Å². The number of aryl methyl sites for hydroxylation is 2. The summed E-state index contributed by atoms with van der Waals surface area (Å²) in [5.41, 5.74) is 7.67. The molecule has 0 bridgehead atoms. The van der Waals surface area contributed by atoms with Crippen LogP contribution in [0.4, 0.5) is 4.39 Å². The fourth-order valence-electron chi connectivity index (χ4n) is 4.63. The predicted octanol–water partition coefficient (Wildman–Crippen LogP) is 6.95. The number of fused-ring (bicyclic) bond motifs is 1. The fourth-order valence-corrected chi connectivity index (χ4v) is 4.63. The molecular weight excluding hydrogens is 407 g/mol. The Bertz CT molecular complexity index is 894. The molecule has 178 valence electrons. The van der Waals surface area contributed by atoms with Crippen LogP contribution in [0.25, 0.3) is 5.57 Å². The monoisotopic (exact) mass is 448 g/mol. The lowest BCUT2D eigenvalue weighted by Crippen LogP contribution is -2.16. The molecule has 2 aliphatic rings. The predicted molar refractivity (Wildman–Crippen MR) is 140 cm³/mol. The standard InChI is InChI=1S/C25H30FN.C5H11N/c1-19(22-12-14-25(26)15-13-22)6-5-7-20(2)27-17-16-21-10-11-23-8-3-4-9-24(23)18-21;1-6-4-2-3-5-6/h10-15,18,27H,1-9,16-17H2;2-5H2,1H3. The largest absolute Gasteiger partial charge is 0.388 e. The first-order valence-corrected chi connectivity index (χ1v) is 12.7. The van der Waals surface area contributed by atoms with Gasteiger partial charge in [0.2, 0.25) is 0 Å². The first-order valence-electron chi connectivity index (χ1n) is 12.7. The molecule has 0 amide bonds. The van der Waals surface area contributed by atoms with E-state index in [1.165, 1.54) is 69.3 Å². The minimum absolute atomic E-state index is 0.206. The summed E-state index contributed by atoms with van der Waals surface area (Å²) in [6.07, 6.45) is 11.8. The number of nitrogens with zero attached hydrogens (tertiary/aromatic N) is 1. The van der Waals surface area contributed by atoms with Gasteiger partial charge < -0.3 is 10.2 Å². The number of rotatable bonds is 9.